The van der Waals surface area contributed by atoms with Crippen LogP contribution in [0, 0.1) is 0 Å². The molecule has 6 heteroatoms. The zero-order chi connectivity index (χ0) is 41.4. The molecule has 13 aromatic rings. The summed E-state index contributed by atoms with van der Waals surface area (Å²) in [6.45, 7) is 0. The number of benzene rings is 9. The summed E-state index contributed by atoms with van der Waals surface area (Å²) in [7, 11) is 0. The molecule has 63 heavy (non-hydrogen) atoms. The lowest BCUT2D eigenvalue weighted by molar-refractivity contribution is 0.669. The summed E-state index contributed by atoms with van der Waals surface area (Å²) in [6.07, 6.45) is 0. The van der Waals surface area contributed by atoms with E-state index in [0.717, 1.165) is 66.4 Å². The Labute approximate surface area is 365 Å². The normalized spacial score (nSPS) is 11.8. The summed E-state index contributed by atoms with van der Waals surface area (Å²) < 4.78 is 11.0. The fourth-order valence-electron chi connectivity index (χ4n) is 9.26. The highest BCUT2D eigenvalue weighted by molar-refractivity contribution is 7.26. The highest BCUT2D eigenvalue weighted by Crippen LogP contribution is 2.43. The van der Waals surface area contributed by atoms with Crippen LogP contribution in [0.15, 0.2) is 211 Å². The van der Waals surface area contributed by atoms with E-state index in [1.807, 2.05) is 36.4 Å². The van der Waals surface area contributed by atoms with Gasteiger partial charge in [-0.05, 0) is 89.0 Å². The lowest BCUT2D eigenvalue weighted by Crippen LogP contribution is -2.00. The number of rotatable bonds is 6. The van der Waals surface area contributed by atoms with E-state index in [1.165, 1.54) is 42.2 Å². The summed E-state index contributed by atoms with van der Waals surface area (Å²) >= 11 is 1.80. The van der Waals surface area contributed by atoms with E-state index in [4.69, 9.17) is 19.4 Å². The first-order chi connectivity index (χ1) is 31.2. The predicted octanol–water partition coefficient (Wildman–Crippen LogP) is 15.6. The van der Waals surface area contributed by atoms with Crippen molar-refractivity contribution in [3.8, 4) is 62.1 Å². The summed E-state index contributed by atoms with van der Waals surface area (Å²) in [5.41, 5.74) is 12.7. The van der Waals surface area contributed by atoms with Crippen LogP contribution in [0.1, 0.15) is 0 Å². The molecule has 4 heterocycles. The van der Waals surface area contributed by atoms with Gasteiger partial charge in [-0.2, -0.15) is 0 Å². The van der Waals surface area contributed by atoms with Gasteiger partial charge in [-0.1, -0.05) is 140 Å². The highest BCUT2D eigenvalue weighted by atomic mass is 32.1. The quantitative estimate of drug-likeness (QED) is 0.168. The molecule has 0 spiro atoms. The second kappa shape index (κ2) is 14.2. The SMILES string of the molecule is c1ccc(-c2nc(-c3ccc(-c4ccc5c(c4)oc4ccccc45)cc3)nc(-c3cccc4sc5ccc(-c6ccc7c(c6)c6ccccc6n7-c6ccccc6)cc5c34)n2)cc1. The molecule has 0 bridgehead atoms. The van der Waals surface area contributed by atoms with Gasteiger partial charge in [-0.3, -0.25) is 0 Å². The summed E-state index contributed by atoms with van der Waals surface area (Å²) in [5.74, 6) is 1.90. The fourth-order valence-corrected chi connectivity index (χ4v) is 10.4. The Balaban J connectivity index is 0.927. The summed E-state index contributed by atoms with van der Waals surface area (Å²) in [6, 6.07) is 72.8. The molecular weight excluding hydrogens is 789 g/mol. The van der Waals surface area contributed by atoms with Gasteiger partial charge in [0.25, 0.3) is 0 Å². The van der Waals surface area contributed by atoms with Gasteiger partial charge in [0.2, 0.25) is 0 Å². The van der Waals surface area contributed by atoms with Crippen LogP contribution < -0.4 is 0 Å². The monoisotopic (exact) mass is 822 g/mol. The molecule has 0 aliphatic heterocycles. The van der Waals surface area contributed by atoms with Crippen molar-refractivity contribution in [3.63, 3.8) is 0 Å². The molecule has 0 radical (unpaired) electrons. The van der Waals surface area contributed by atoms with Crippen molar-refractivity contribution >= 4 is 75.3 Å². The molecule has 0 atom stereocenters. The number of thiophene rings is 1. The number of hydrogen-bond donors (Lipinski definition) is 0. The summed E-state index contributed by atoms with van der Waals surface area (Å²) in [5, 5.41) is 7.04. The number of aromatic nitrogens is 4. The molecule has 294 valence electrons. The Hall–Kier alpha value is -8.19. The molecule has 5 nitrogen and oxygen atoms in total. The number of hydrogen-bond acceptors (Lipinski definition) is 5. The van der Waals surface area contributed by atoms with Crippen LogP contribution in [0.25, 0.3) is 126 Å². The molecule has 0 aliphatic rings. The average molecular weight is 823 g/mol. The Morgan fingerprint density at radius 3 is 1.76 bits per heavy atom. The van der Waals surface area contributed by atoms with Gasteiger partial charge in [0.05, 0.1) is 11.0 Å². The standard InChI is InChI=1S/C57H34N4OS/c1-3-12-36(13-4-1)55-58-56(37-24-22-35(23-25-37)40-26-29-44-43-17-8-10-20-50(43)62-51(44)34-40)60-57(59-55)45-18-11-21-53-54(45)47-33-39(28-31-52(47)63-53)38-27-30-49-46(32-38)42-16-7-9-19-48(42)61(49)41-14-5-2-6-15-41/h1-34H. The average Bonchev–Trinajstić information content (AvgIpc) is 4.03. The van der Waals surface area contributed by atoms with Crippen molar-refractivity contribution in [3.05, 3.63) is 206 Å². The minimum atomic E-state index is 0.623. The minimum absolute atomic E-state index is 0.623. The third kappa shape index (κ3) is 5.87. The first-order valence-electron chi connectivity index (χ1n) is 21.1. The number of para-hydroxylation sites is 3. The molecule has 0 amide bonds. The Bertz CT molecular complexity index is 3900. The van der Waals surface area contributed by atoms with Gasteiger partial charge in [0.15, 0.2) is 17.5 Å². The number of nitrogens with zero attached hydrogens (tertiary/aromatic N) is 4. The van der Waals surface area contributed by atoms with Crippen molar-refractivity contribution in [2.24, 2.45) is 0 Å². The van der Waals surface area contributed by atoms with E-state index in [2.05, 4.69) is 174 Å². The molecule has 9 aromatic carbocycles. The molecule has 0 unspecified atom stereocenters. The molecule has 0 fully saturated rings. The first kappa shape index (κ1) is 35.6. The van der Waals surface area contributed by atoms with E-state index in [0.29, 0.717) is 17.5 Å². The maximum absolute atomic E-state index is 6.22. The van der Waals surface area contributed by atoms with Crippen LogP contribution in [0.3, 0.4) is 0 Å². The van der Waals surface area contributed by atoms with Crippen LogP contribution in [0.2, 0.25) is 0 Å². The smallest absolute Gasteiger partial charge is 0.164 e. The zero-order valence-electron chi connectivity index (χ0n) is 33.7. The van der Waals surface area contributed by atoms with Gasteiger partial charge < -0.3 is 8.98 Å². The maximum Gasteiger partial charge on any atom is 0.164 e. The number of furan rings is 1. The van der Waals surface area contributed by atoms with E-state index >= 15 is 0 Å². The Morgan fingerprint density at radius 2 is 0.937 bits per heavy atom. The third-order valence-corrected chi connectivity index (χ3v) is 13.4. The largest absolute Gasteiger partial charge is 0.456 e. The second-order valence-corrected chi connectivity index (χ2v) is 17.1. The van der Waals surface area contributed by atoms with E-state index < -0.39 is 0 Å². The van der Waals surface area contributed by atoms with Crippen LogP contribution >= 0.6 is 11.3 Å². The fraction of sp³-hybridized carbons (Fsp3) is 0. The lowest BCUT2D eigenvalue weighted by Gasteiger charge is -2.10. The Morgan fingerprint density at radius 1 is 0.349 bits per heavy atom. The molecule has 0 saturated carbocycles. The van der Waals surface area contributed by atoms with Crippen molar-refractivity contribution in [1.29, 1.82) is 0 Å². The van der Waals surface area contributed by atoms with Crippen molar-refractivity contribution in [2.75, 3.05) is 0 Å². The van der Waals surface area contributed by atoms with Gasteiger partial charge in [0, 0.05) is 64.1 Å². The Kier molecular flexibility index (Phi) is 8.01. The topological polar surface area (TPSA) is 56.7 Å². The third-order valence-electron chi connectivity index (χ3n) is 12.3. The second-order valence-electron chi connectivity index (χ2n) is 16.0. The van der Waals surface area contributed by atoms with Crippen molar-refractivity contribution < 1.29 is 4.42 Å². The van der Waals surface area contributed by atoms with Crippen molar-refractivity contribution in [2.45, 2.75) is 0 Å². The van der Waals surface area contributed by atoms with Crippen molar-refractivity contribution in [1.82, 2.24) is 19.5 Å². The minimum Gasteiger partial charge on any atom is -0.456 e. The molecule has 4 aromatic heterocycles. The van der Waals surface area contributed by atoms with Crippen LogP contribution in [0.4, 0.5) is 0 Å². The van der Waals surface area contributed by atoms with Gasteiger partial charge >= 0.3 is 0 Å². The van der Waals surface area contributed by atoms with Gasteiger partial charge in [0.1, 0.15) is 11.2 Å². The number of fused-ring (bicyclic) bond motifs is 9. The zero-order valence-corrected chi connectivity index (χ0v) is 34.6. The molecular formula is C57H34N4OS. The van der Waals surface area contributed by atoms with Gasteiger partial charge in [-0.25, -0.2) is 15.0 Å². The lowest BCUT2D eigenvalue weighted by atomic mass is 9.99. The highest BCUT2D eigenvalue weighted by Gasteiger charge is 2.19. The van der Waals surface area contributed by atoms with Gasteiger partial charge in [-0.15, -0.1) is 11.3 Å². The maximum atomic E-state index is 6.22. The van der Waals surface area contributed by atoms with Crippen LogP contribution in [0.5, 0.6) is 0 Å². The van der Waals surface area contributed by atoms with E-state index in [1.54, 1.807) is 11.3 Å². The summed E-state index contributed by atoms with van der Waals surface area (Å²) in [4.78, 5) is 15.5. The van der Waals surface area contributed by atoms with E-state index in [9.17, 15) is 0 Å². The van der Waals surface area contributed by atoms with E-state index in [-0.39, 0.29) is 0 Å². The first-order valence-corrected chi connectivity index (χ1v) is 21.9. The molecule has 0 aliphatic carbocycles. The molecule has 13 rings (SSSR count). The van der Waals surface area contributed by atoms with Crippen LogP contribution in [-0.2, 0) is 0 Å². The predicted molar refractivity (Wildman–Crippen MR) is 262 cm³/mol. The molecule has 0 N–H and O–H groups in total. The molecule has 0 saturated heterocycles. The van der Waals surface area contributed by atoms with Crippen LogP contribution in [-0.4, -0.2) is 19.5 Å².